The molecule has 0 unspecified atom stereocenters. The summed E-state index contributed by atoms with van der Waals surface area (Å²) in [5.74, 6) is 1.73. The zero-order chi connectivity index (χ0) is 11.2. The molecule has 4 nitrogen and oxygen atoms in total. The van der Waals surface area contributed by atoms with Gasteiger partial charge in [-0.25, -0.2) is 0 Å². The van der Waals surface area contributed by atoms with Crippen molar-refractivity contribution in [3.63, 3.8) is 0 Å². The van der Waals surface area contributed by atoms with Crippen molar-refractivity contribution in [2.24, 2.45) is 0 Å². The van der Waals surface area contributed by atoms with Crippen LogP contribution in [0.5, 0.6) is 0 Å². The molecular weight excluding hydrogens is 196 g/mol. The van der Waals surface area contributed by atoms with Crippen LogP contribution in [0.1, 0.15) is 20.8 Å². The van der Waals surface area contributed by atoms with Crippen LogP contribution < -0.4 is 0 Å². The average molecular weight is 212 g/mol. The summed E-state index contributed by atoms with van der Waals surface area (Å²) in [6.07, 6.45) is 3.03. The van der Waals surface area contributed by atoms with Crippen LogP contribution in [-0.2, 0) is 14.2 Å². The molecule has 0 bridgehead atoms. The number of terminal acetylenes is 1. The van der Waals surface area contributed by atoms with E-state index in [2.05, 4.69) is 5.92 Å². The summed E-state index contributed by atoms with van der Waals surface area (Å²) in [6, 6.07) is 0. The maximum atomic E-state index is 9.92. The van der Waals surface area contributed by atoms with Crippen molar-refractivity contribution >= 4 is 0 Å². The highest BCUT2D eigenvalue weighted by molar-refractivity contribution is 5.08. The van der Waals surface area contributed by atoms with Gasteiger partial charge < -0.3 is 19.3 Å². The molecule has 1 N–H and O–H groups in total. The Labute approximate surface area is 89.5 Å². The van der Waals surface area contributed by atoms with Crippen molar-refractivity contribution in [3.8, 4) is 12.3 Å². The summed E-state index contributed by atoms with van der Waals surface area (Å²) >= 11 is 0. The number of aliphatic hydroxyl groups excluding tert-OH is 1. The minimum atomic E-state index is -0.821. The molecule has 2 saturated heterocycles. The lowest BCUT2D eigenvalue weighted by Crippen LogP contribution is -2.54. The average Bonchev–Trinajstić information content (AvgIpc) is 2.48. The van der Waals surface area contributed by atoms with Crippen LogP contribution in [0, 0.1) is 12.3 Å². The molecule has 0 aromatic heterocycles. The molecule has 4 heteroatoms. The van der Waals surface area contributed by atoms with Gasteiger partial charge in [0.25, 0.3) is 0 Å². The summed E-state index contributed by atoms with van der Waals surface area (Å²) < 4.78 is 16.7. The second kappa shape index (κ2) is 3.46. The summed E-state index contributed by atoms with van der Waals surface area (Å²) in [6.45, 7) is 5.50. The second-order valence-electron chi connectivity index (χ2n) is 4.48. The molecule has 84 valence electrons. The molecule has 2 aliphatic heterocycles. The highest BCUT2D eigenvalue weighted by Gasteiger charge is 2.53. The fourth-order valence-electron chi connectivity index (χ4n) is 2.14. The quantitative estimate of drug-likeness (QED) is 0.586. The number of rotatable bonds is 0. The number of ether oxygens (including phenoxy) is 3. The highest BCUT2D eigenvalue weighted by atomic mass is 16.8. The maximum Gasteiger partial charge on any atom is 0.164 e. The van der Waals surface area contributed by atoms with Gasteiger partial charge in [-0.1, -0.05) is 5.92 Å². The van der Waals surface area contributed by atoms with E-state index in [4.69, 9.17) is 20.6 Å². The zero-order valence-electron chi connectivity index (χ0n) is 9.14. The van der Waals surface area contributed by atoms with Gasteiger partial charge in [-0.15, -0.1) is 6.42 Å². The van der Waals surface area contributed by atoms with Gasteiger partial charge in [-0.2, -0.15) is 0 Å². The van der Waals surface area contributed by atoms with Crippen LogP contribution >= 0.6 is 0 Å². The van der Waals surface area contributed by atoms with Gasteiger partial charge in [-0.05, 0) is 20.8 Å². The number of hydrogen-bond acceptors (Lipinski definition) is 4. The number of hydrogen-bond donors (Lipinski definition) is 1. The summed E-state index contributed by atoms with van der Waals surface area (Å²) in [7, 11) is 0. The Kier molecular flexibility index (Phi) is 2.52. The first-order valence-electron chi connectivity index (χ1n) is 5.10. The van der Waals surface area contributed by atoms with Crippen LogP contribution in [0.3, 0.4) is 0 Å². The van der Waals surface area contributed by atoms with Crippen molar-refractivity contribution in [2.75, 3.05) is 0 Å². The van der Waals surface area contributed by atoms with Gasteiger partial charge >= 0.3 is 0 Å². The predicted octanol–water partition coefficient (Wildman–Crippen LogP) is 0.288. The molecular formula is C11H16O4. The Hall–Kier alpha value is -0.600. The molecule has 2 fully saturated rings. The van der Waals surface area contributed by atoms with E-state index in [1.54, 1.807) is 0 Å². The van der Waals surface area contributed by atoms with Gasteiger partial charge in [0.05, 0.1) is 6.10 Å². The van der Waals surface area contributed by atoms with E-state index in [-0.39, 0.29) is 12.2 Å². The Morgan fingerprint density at radius 3 is 2.47 bits per heavy atom. The lowest BCUT2D eigenvalue weighted by molar-refractivity contribution is -0.161. The summed E-state index contributed by atoms with van der Waals surface area (Å²) in [4.78, 5) is 0. The maximum absolute atomic E-state index is 9.92. The fraction of sp³-hybridized carbons (Fsp3) is 0.818. The lowest BCUT2D eigenvalue weighted by atomic mass is 9.96. The van der Waals surface area contributed by atoms with Crippen molar-refractivity contribution in [2.45, 2.75) is 57.1 Å². The molecule has 0 radical (unpaired) electrons. The first-order valence-corrected chi connectivity index (χ1v) is 5.10. The molecule has 2 heterocycles. The van der Waals surface area contributed by atoms with Gasteiger partial charge in [0, 0.05) is 0 Å². The van der Waals surface area contributed by atoms with Gasteiger partial charge in [0.15, 0.2) is 5.79 Å². The first kappa shape index (κ1) is 10.9. The third-order valence-corrected chi connectivity index (χ3v) is 2.80. The standard InChI is InChI=1S/C11H16O4/c1-5-7-8(12)10-9(6(2)13-7)14-11(3,4)15-10/h1,6-10,12H,2-4H3/t6-,7-,8+,9+,10-/m1/s1. The van der Waals surface area contributed by atoms with E-state index >= 15 is 0 Å². The Bertz CT molecular complexity index is 293. The van der Waals surface area contributed by atoms with E-state index < -0.39 is 24.1 Å². The molecule has 0 spiro atoms. The minimum absolute atomic E-state index is 0.166. The minimum Gasteiger partial charge on any atom is -0.387 e. The molecule has 0 saturated carbocycles. The number of fused-ring (bicyclic) bond motifs is 1. The fourth-order valence-corrected chi connectivity index (χ4v) is 2.14. The monoisotopic (exact) mass is 212 g/mol. The molecule has 0 amide bonds. The Morgan fingerprint density at radius 2 is 1.87 bits per heavy atom. The van der Waals surface area contributed by atoms with Crippen LogP contribution in [0.25, 0.3) is 0 Å². The predicted molar refractivity (Wildman–Crippen MR) is 53.0 cm³/mol. The van der Waals surface area contributed by atoms with Gasteiger partial charge in [-0.3, -0.25) is 0 Å². The van der Waals surface area contributed by atoms with Crippen LogP contribution in [0.4, 0.5) is 0 Å². The topological polar surface area (TPSA) is 47.9 Å². The molecule has 15 heavy (non-hydrogen) atoms. The molecule has 5 atom stereocenters. The van der Waals surface area contributed by atoms with Gasteiger partial charge in [0.2, 0.25) is 0 Å². The summed E-state index contributed by atoms with van der Waals surface area (Å²) in [5, 5.41) is 9.92. The Balaban J connectivity index is 2.20. The van der Waals surface area contributed by atoms with Crippen molar-refractivity contribution in [3.05, 3.63) is 0 Å². The Morgan fingerprint density at radius 1 is 1.27 bits per heavy atom. The third kappa shape index (κ3) is 1.77. The largest absolute Gasteiger partial charge is 0.387 e. The van der Waals surface area contributed by atoms with E-state index in [1.165, 1.54) is 0 Å². The lowest BCUT2D eigenvalue weighted by Gasteiger charge is -2.36. The molecule has 0 aliphatic carbocycles. The second-order valence-corrected chi connectivity index (χ2v) is 4.48. The van der Waals surface area contributed by atoms with E-state index in [9.17, 15) is 5.11 Å². The van der Waals surface area contributed by atoms with Crippen LogP contribution in [0.2, 0.25) is 0 Å². The van der Waals surface area contributed by atoms with E-state index in [1.807, 2.05) is 20.8 Å². The smallest absolute Gasteiger partial charge is 0.164 e. The van der Waals surface area contributed by atoms with Crippen molar-refractivity contribution in [1.29, 1.82) is 0 Å². The third-order valence-electron chi connectivity index (χ3n) is 2.80. The SMILES string of the molecule is C#C[C@H]1O[C@H](C)[C@@H]2OC(C)(C)O[C@@H]2[C@H]1O. The van der Waals surface area contributed by atoms with Crippen molar-refractivity contribution < 1.29 is 19.3 Å². The van der Waals surface area contributed by atoms with Crippen LogP contribution in [0.15, 0.2) is 0 Å². The molecule has 0 aromatic carbocycles. The van der Waals surface area contributed by atoms with Crippen LogP contribution in [-0.4, -0.2) is 41.4 Å². The highest BCUT2D eigenvalue weighted by Crippen LogP contribution is 2.36. The molecule has 2 aliphatic rings. The summed E-state index contributed by atoms with van der Waals surface area (Å²) in [5.41, 5.74) is 0. The van der Waals surface area contributed by atoms with E-state index in [0.29, 0.717) is 0 Å². The van der Waals surface area contributed by atoms with Crippen molar-refractivity contribution in [1.82, 2.24) is 0 Å². The van der Waals surface area contributed by atoms with E-state index in [0.717, 1.165) is 0 Å². The first-order chi connectivity index (χ1) is 6.94. The van der Waals surface area contributed by atoms with Gasteiger partial charge in [0.1, 0.15) is 24.4 Å². The molecule has 2 rings (SSSR count). The zero-order valence-corrected chi connectivity index (χ0v) is 9.14. The normalized spacial score (nSPS) is 48.3. The number of aliphatic hydroxyl groups is 1. The molecule has 0 aromatic rings.